The first kappa shape index (κ1) is 13.4. The zero-order chi connectivity index (χ0) is 13.8. The molecule has 19 heavy (non-hydrogen) atoms. The first-order valence-corrected chi connectivity index (χ1v) is 6.38. The fourth-order valence-electron chi connectivity index (χ4n) is 2.13. The van der Waals surface area contributed by atoms with Gasteiger partial charge in [0.05, 0.1) is 23.9 Å². The van der Waals surface area contributed by atoms with E-state index < -0.39 is 0 Å². The molecule has 0 fully saturated rings. The largest absolute Gasteiger partial charge is 0.349 e. The highest BCUT2D eigenvalue weighted by Gasteiger charge is 2.04. The number of hydrogen-bond acceptors (Lipinski definition) is 2. The number of aromatic nitrogens is 2. The summed E-state index contributed by atoms with van der Waals surface area (Å²) < 4.78 is 2.14. The monoisotopic (exact) mass is 259 g/mol. The van der Waals surface area contributed by atoms with Crippen LogP contribution in [-0.4, -0.2) is 60.0 Å². The van der Waals surface area contributed by atoms with E-state index in [9.17, 15) is 0 Å². The molecule has 0 radical (unpaired) electrons. The molecule has 0 saturated carbocycles. The van der Waals surface area contributed by atoms with Gasteiger partial charge < -0.3 is 14.4 Å². The third-order valence-corrected chi connectivity index (χ3v) is 2.92. The van der Waals surface area contributed by atoms with Crippen molar-refractivity contribution in [2.45, 2.75) is 6.54 Å². The summed E-state index contributed by atoms with van der Waals surface area (Å²) in [7, 11) is 8.02. The van der Waals surface area contributed by atoms with Crippen LogP contribution in [0.2, 0.25) is 0 Å². The molecule has 0 aliphatic rings. The maximum absolute atomic E-state index is 4.62. The molecule has 5 nitrogen and oxygen atoms in total. The van der Waals surface area contributed by atoms with Crippen molar-refractivity contribution in [2.75, 3.05) is 34.7 Å². The van der Waals surface area contributed by atoms with Crippen molar-refractivity contribution in [1.82, 2.24) is 19.4 Å². The van der Waals surface area contributed by atoms with Crippen LogP contribution in [0.15, 0.2) is 35.6 Å². The molecule has 5 heteroatoms. The second kappa shape index (κ2) is 5.73. The standard InChI is InChI=1S/C14H21N5/c1-17(2)14(18(3)4)15-9-10-19-11-16-12-7-5-6-8-13(12)19/h5-8,11H,9-10H2,1-4H3. The maximum atomic E-state index is 4.62. The third-order valence-electron chi connectivity index (χ3n) is 2.92. The van der Waals surface area contributed by atoms with E-state index in [-0.39, 0.29) is 0 Å². The van der Waals surface area contributed by atoms with Gasteiger partial charge in [0, 0.05) is 34.7 Å². The number of imidazole rings is 1. The van der Waals surface area contributed by atoms with E-state index in [1.807, 2.05) is 62.5 Å². The van der Waals surface area contributed by atoms with Crippen molar-refractivity contribution in [3.05, 3.63) is 30.6 Å². The normalized spacial score (nSPS) is 10.5. The van der Waals surface area contributed by atoms with E-state index in [0.717, 1.165) is 30.1 Å². The maximum Gasteiger partial charge on any atom is 0.195 e. The zero-order valence-corrected chi connectivity index (χ0v) is 12.0. The fraction of sp³-hybridized carbons (Fsp3) is 0.429. The van der Waals surface area contributed by atoms with E-state index in [4.69, 9.17) is 0 Å². The van der Waals surface area contributed by atoms with Gasteiger partial charge in [0.1, 0.15) is 0 Å². The van der Waals surface area contributed by atoms with E-state index in [0.29, 0.717) is 0 Å². The highest BCUT2D eigenvalue weighted by atomic mass is 15.3. The molecule has 1 heterocycles. The first-order chi connectivity index (χ1) is 9.09. The summed E-state index contributed by atoms with van der Waals surface area (Å²) in [6.45, 7) is 1.58. The van der Waals surface area contributed by atoms with Crippen molar-refractivity contribution in [3.63, 3.8) is 0 Å². The average molecular weight is 259 g/mol. The number of para-hydroxylation sites is 2. The molecular formula is C14H21N5. The Kier molecular flexibility index (Phi) is 4.04. The lowest BCUT2D eigenvalue weighted by molar-refractivity contribution is 0.478. The van der Waals surface area contributed by atoms with Gasteiger partial charge in [-0.25, -0.2) is 4.98 Å². The van der Waals surface area contributed by atoms with Gasteiger partial charge in [-0.15, -0.1) is 0 Å². The first-order valence-electron chi connectivity index (χ1n) is 6.38. The van der Waals surface area contributed by atoms with Crippen LogP contribution in [0.3, 0.4) is 0 Å². The molecule has 0 amide bonds. The van der Waals surface area contributed by atoms with Gasteiger partial charge in [0.25, 0.3) is 0 Å². The third kappa shape index (κ3) is 3.05. The van der Waals surface area contributed by atoms with Crippen molar-refractivity contribution < 1.29 is 0 Å². The molecule has 0 atom stereocenters. The second-order valence-corrected chi connectivity index (χ2v) is 4.90. The number of aliphatic imine (C=N–C) groups is 1. The van der Waals surface area contributed by atoms with Crippen LogP contribution in [-0.2, 0) is 6.54 Å². The molecule has 0 bridgehead atoms. The Hall–Kier alpha value is -2.04. The van der Waals surface area contributed by atoms with Gasteiger partial charge in [0.15, 0.2) is 5.96 Å². The molecule has 1 aromatic carbocycles. The molecule has 1 aromatic heterocycles. The van der Waals surface area contributed by atoms with E-state index in [1.165, 1.54) is 0 Å². The van der Waals surface area contributed by atoms with Crippen molar-refractivity contribution in [3.8, 4) is 0 Å². The molecule has 0 aliphatic heterocycles. The summed E-state index contributed by atoms with van der Waals surface area (Å²) in [6.07, 6.45) is 1.88. The molecule has 2 rings (SSSR count). The summed E-state index contributed by atoms with van der Waals surface area (Å²) in [4.78, 5) is 13.0. The highest BCUT2D eigenvalue weighted by Crippen LogP contribution is 2.11. The Morgan fingerprint density at radius 3 is 2.53 bits per heavy atom. The smallest absolute Gasteiger partial charge is 0.195 e. The minimum atomic E-state index is 0.742. The predicted octanol–water partition coefficient (Wildman–Crippen LogP) is 1.52. The SMILES string of the molecule is CN(C)C(=NCCn1cnc2ccccc21)N(C)C. The van der Waals surface area contributed by atoms with Gasteiger partial charge in [-0.2, -0.15) is 0 Å². The zero-order valence-electron chi connectivity index (χ0n) is 12.0. The molecular weight excluding hydrogens is 238 g/mol. The van der Waals surface area contributed by atoms with Gasteiger partial charge in [-0.3, -0.25) is 4.99 Å². The summed E-state index contributed by atoms with van der Waals surface area (Å²) in [5, 5.41) is 0. The van der Waals surface area contributed by atoms with Crippen LogP contribution in [0.5, 0.6) is 0 Å². The topological polar surface area (TPSA) is 36.7 Å². The fourth-order valence-corrected chi connectivity index (χ4v) is 2.13. The lowest BCUT2D eigenvalue weighted by atomic mass is 10.3. The molecule has 0 N–H and O–H groups in total. The van der Waals surface area contributed by atoms with Crippen molar-refractivity contribution in [2.24, 2.45) is 4.99 Å². The van der Waals surface area contributed by atoms with Crippen LogP contribution in [0, 0.1) is 0 Å². The number of hydrogen-bond donors (Lipinski definition) is 0. The average Bonchev–Trinajstić information content (AvgIpc) is 2.77. The lowest BCUT2D eigenvalue weighted by Gasteiger charge is -2.22. The Balaban J connectivity index is 2.08. The van der Waals surface area contributed by atoms with Crippen LogP contribution in [0.25, 0.3) is 11.0 Å². The summed E-state index contributed by atoms with van der Waals surface area (Å²) >= 11 is 0. The van der Waals surface area contributed by atoms with Crippen LogP contribution < -0.4 is 0 Å². The second-order valence-electron chi connectivity index (χ2n) is 4.90. The molecule has 2 aromatic rings. The lowest BCUT2D eigenvalue weighted by Crippen LogP contribution is -2.35. The molecule has 102 valence electrons. The summed E-state index contributed by atoms with van der Waals surface area (Å²) in [5.41, 5.74) is 2.20. The Morgan fingerprint density at radius 2 is 1.84 bits per heavy atom. The quantitative estimate of drug-likeness (QED) is 0.619. The van der Waals surface area contributed by atoms with E-state index >= 15 is 0 Å². The van der Waals surface area contributed by atoms with Gasteiger partial charge >= 0.3 is 0 Å². The Bertz CT molecular complexity index is 558. The number of benzene rings is 1. The summed E-state index contributed by atoms with van der Waals surface area (Å²) in [6, 6.07) is 8.16. The minimum absolute atomic E-state index is 0.742. The van der Waals surface area contributed by atoms with Crippen LogP contribution in [0.4, 0.5) is 0 Å². The van der Waals surface area contributed by atoms with Crippen LogP contribution >= 0.6 is 0 Å². The Morgan fingerprint density at radius 1 is 1.16 bits per heavy atom. The number of guanidine groups is 1. The molecule has 0 aliphatic carbocycles. The highest BCUT2D eigenvalue weighted by molar-refractivity contribution is 5.79. The number of fused-ring (bicyclic) bond motifs is 1. The van der Waals surface area contributed by atoms with Gasteiger partial charge in [-0.1, -0.05) is 12.1 Å². The van der Waals surface area contributed by atoms with E-state index in [2.05, 4.69) is 20.6 Å². The summed E-state index contributed by atoms with van der Waals surface area (Å²) in [5.74, 6) is 0.976. The van der Waals surface area contributed by atoms with Crippen molar-refractivity contribution >= 4 is 17.0 Å². The molecule has 0 saturated heterocycles. The Labute approximate surface area is 114 Å². The van der Waals surface area contributed by atoms with Crippen LogP contribution in [0.1, 0.15) is 0 Å². The predicted molar refractivity (Wildman–Crippen MR) is 79.4 cm³/mol. The minimum Gasteiger partial charge on any atom is -0.349 e. The van der Waals surface area contributed by atoms with Gasteiger partial charge in [-0.05, 0) is 12.1 Å². The molecule has 0 spiro atoms. The number of nitrogens with zero attached hydrogens (tertiary/aromatic N) is 5. The number of rotatable bonds is 3. The molecule has 0 unspecified atom stereocenters. The van der Waals surface area contributed by atoms with Gasteiger partial charge in [0.2, 0.25) is 0 Å². The van der Waals surface area contributed by atoms with E-state index in [1.54, 1.807) is 0 Å². The van der Waals surface area contributed by atoms with Crippen molar-refractivity contribution in [1.29, 1.82) is 0 Å².